The van der Waals surface area contributed by atoms with Gasteiger partial charge in [-0.3, -0.25) is 9.80 Å². The Labute approximate surface area is 148 Å². The van der Waals surface area contributed by atoms with Crippen molar-refractivity contribution in [3.8, 4) is 5.75 Å². The molecule has 0 N–H and O–H groups in total. The summed E-state index contributed by atoms with van der Waals surface area (Å²) in [7, 11) is 0. The van der Waals surface area contributed by atoms with Gasteiger partial charge in [-0.05, 0) is 23.6 Å². The van der Waals surface area contributed by atoms with Gasteiger partial charge >= 0.3 is 0 Å². The fourth-order valence-corrected chi connectivity index (χ4v) is 3.57. The molecule has 0 bridgehead atoms. The summed E-state index contributed by atoms with van der Waals surface area (Å²) in [5.41, 5.74) is 2.74. The summed E-state index contributed by atoms with van der Waals surface area (Å²) in [6.07, 6.45) is 2.98. The third kappa shape index (κ3) is 4.02. The van der Waals surface area contributed by atoms with Crippen LogP contribution in [-0.2, 0) is 25.9 Å². The van der Waals surface area contributed by atoms with E-state index in [2.05, 4.69) is 45.1 Å². The fourth-order valence-electron chi connectivity index (χ4n) is 3.57. The zero-order valence-electron chi connectivity index (χ0n) is 14.9. The van der Waals surface area contributed by atoms with Crippen molar-refractivity contribution >= 4 is 0 Å². The lowest BCUT2D eigenvalue weighted by Gasteiger charge is -2.34. The Morgan fingerprint density at radius 3 is 2.68 bits per heavy atom. The Kier molecular flexibility index (Phi) is 4.99. The number of hydrogen-bond donors (Lipinski definition) is 0. The van der Waals surface area contributed by atoms with Gasteiger partial charge in [0.2, 0.25) is 5.89 Å². The Morgan fingerprint density at radius 1 is 1.08 bits per heavy atom. The van der Waals surface area contributed by atoms with Crippen LogP contribution in [0.2, 0.25) is 0 Å². The maximum absolute atomic E-state index is 5.59. The molecule has 0 unspecified atom stereocenters. The van der Waals surface area contributed by atoms with Gasteiger partial charge < -0.3 is 9.26 Å². The number of nitrogens with zero attached hydrogens (tertiary/aromatic N) is 4. The Bertz CT molecular complexity index is 707. The van der Waals surface area contributed by atoms with Crippen molar-refractivity contribution in [1.29, 1.82) is 0 Å². The number of aryl methyl sites for hydroxylation is 1. The number of aromatic nitrogens is 2. The molecule has 1 saturated heterocycles. The normalized spacial score (nSPS) is 18.3. The van der Waals surface area contributed by atoms with Gasteiger partial charge in [0.25, 0.3) is 0 Å². The van der Waals surface area contributed by atoms with Gasteiger partial charge in [-0.15, -0.1) is 0 Å². The van der Waals surface area contributed by atoms with Crippen LogP contribution in [0.4, 0.5) is 0 Å². The molecular formula is C19H26N4O2. The molecule has 6 nitrogen and oxygen atoms in total. The van der Waals surface area contributed by atoms with Crippen molar-refractivity contribution in [3.05, 3.63) is 41.0 Å². The summed E-state index contributed by atoms with van der Waals surface area (Å²) in [5.74, 6) is 2.64. The third-order valence-corrected chi connectivity index (χ3v) is 4.97. The second-order valence-electron chi connectivity index (χ2n) is 6.95. The third-order valence-electron chi connectivity index (χ3n) is 4.97. The molecule has 6 heteroatoms. The lowest BCUT2D eigenvalue weighted by Crippen LogP contribution is -2.45. The molecule has 0 amide bonds. The minimum absolute atomic E-state index is 0.746. The first kappa shape index (κ1) is 16.5. The summed E-state index contributed by atoms with van der Waals surface area (Å²) in [6.45, 7) is 8.96. The van der Waals surface area contributed by atoms with Crippen LogP contribution in [0.3, 0.4) is 0 Å². The molecule has 0 atom stereocenters. The van der Waals surface area contributed by atoms with Gasteiger partial charge in [0, 0.05) is 45.6 Å². The monoisotopic (exact) mass is 342 g/mol. The van der Waals surface area contributed by atoms with Crippen molar-refractivity contribution in [3.63, 3.8) is 0 Å². The number of fused-ring (bicyclic) bond motifs is 1. The van der Waals surface area contributed by atoms with Crippen LogP contribution in [0, 0.1) is 0 Å². The van der Waals surface area contributed by atoms with E-state index in [1.165, 1.54) is 11.1 Å². The molecule has 0 spiro atoms. The van der Waals surface area contributed by atoms with E-state index >= 15 is 0 Å². The number of piperazine rings is 1. The zero-order valence-corrected chi connectivity index (χ0v) is 14.9. The zero-order chi connectivity index (χ0) is 17.1. The summed E-state index contributed by atoms with van der Waals surface area (Å²) in [5, 5.41) is 4.04. The molecular weight excluding hydrogens is 316 g/mol. The average molecular weight is 342 g/mol. The van der Waals surface area contributed by atoms with Crippen molar-refractivity contribution in [1.82, 2.24) is 19.9 Å². The van der Waals surface area contributed by atoms with Crippen molar-refractivity contribution in [2.75, 3.05) is 32.8 Å². The van der Waals surface area contributed by atoms with E-state index in [1.807, 2.05) is 0 Å². The van der Waals surface area contributed by atoms with E-state index in [0.717, 1.165) is 82.6 Å². The van der Waals surface area contributed by atoms with Gasteiger partial charge in [-0.1, -0.05) is 24.2 Å². The van der Waals surface area contributed by atoms with Gasteiger partial charge in [-0.25, -0.2) is 0 Å². The first-order chi connectivity index (χ1) is 12.3. The number of hydrogen-bond acceptors (Lipinski definition) is 6. The van der Waals surface area contributed by atoms with E-state index in [9.17, 15) is 0 Å². The number of benzene rings is 1. The number of rotatable bonds is 6. The largest absolute Gasteiger partial charge is 0.493 e. The highest BCUT2D eigenvalue weighted by Gasteiger charge is 2.20. The Hall–Kier alpha value is -1.92. The van der Waals surface area contributed by atoms with Crippen molar-refractivity contribution in [2.24, 2.45) is 0 Å². The molecule has 2 aliphatic rings. The molecule has 4 rings (SSSR count). The second kappa shape index (κ2) is 7.54. The summed E-state index contributed by atoms with van der Waals surface area (Å²) in [6, 6.07) is 6.63. The topological polar surface area (TPSA) is 54.6 Å². The van der Waals surface area contributed by atoms with Gasteiger partial charge in [0.1, 0.15) is 5.75 Å². The highest BCUT2D eigenvalue weighted by Crippen LogP contribution is 2.26. The maximum Gasteiger partial charge on any atom is 0.240 e. The smallest absolute Gasteiger partial charge is 0.240 e. The molecule has 0 aliphatic carbocycles. The van der Waals surface area contributed by atoms with E-state index < -0.39 is 0 Å². The molecule has 134 valence electrons. The minimum atomic E-state index is 0.746. The minimum Gasteiger partial charge on any atom is -0.493 e. The molecule has 1 fully saturated rings. The van der Waals surface area contributed by atoms with Crippen LogP contribution in [0.15, 0.2) is 22.7 Å². The predicted octanol–water partition coefficient (Wildman–Crippen LogP) is 2.27. The van der Waals surface area contributed by atoms with Crippen LogP contribution >= 0.6 is 0 Å². The summed E-state index contributed by atoms with van der Waals surface area (Å²) in [4.78, 5) is 9.39. The van der Waals surface area contributed by atoms with E-state index in [0.29, 0.717) is 0 Å². The van der Waals surface area contributed by atoms with E-state index in [4.69, 9.17) is 9.26 Å². The molecule has 3 heterocycles. The predicted molar refractivity (Wildman–Crippen MR) is 94.5 cm³/mol. The quantitative estimate of drug-likeness (QED) is 0.803. The average Bonchev–Trinajstić information content (AvgIpc) is 3.26. The lowest BCUT2D eigenvalue weighted by molar-refractivity contribution is 0.112. The van der Waals surface area contributed by atoms with Crippen LogP contribution in [0.1, 0.15) is 36.2 Å². The molecule has 2 aromatic rings. The molecule has 1 aromatic heterocycles. The molecule has 0 saturated carbocycles. The SMILES string of the molecule is CCCc1noc(CN2CCN(Cc3ccc4c(c3)CCO4)CC2)n1. The lowest BCUT2D eigenvalue weighted by atomic mass is 10.1. The highest BCUT2D eigenvalue weighted by atomic mass is 16.5. The maximum atomic E-state index is 5.59. The first-order valence-corrected chi connectivity index (χ1v) is 9.31. The Balaban J connectivity index is 1.26. The first-order valence-electron chi connectivity index (χ1n) is 9.31. The highest BCUT2D eigenvalue weighted by molar-refractivity contribution is 5.39. The molecule has 25 heavy (non-hydrogen) atoms. The fraction of sp³-hybridized carbons (Fsp3) is 0.579. The summed E-state index contributed by atoms with van der Waals surface area (Å²) < 4.78 is 10.9. The van der Waals surface area contributed by atoms with Crippen molar-refractivity contribution < 1.29 is 9.26 Å². The second-order valence-corrected chi connectivity index (χ2v) is 6.95. The van der Waals surface area contributed by atoms with Crippen LogP contribution in [0.5, 0.6) is 5.75 Å². The molecule has 1 aromatic carbocycles. The van der Waals surface area contributed by atoms with Crippen molar-refractivity contribution in [2.45, 2.75) is 39.3 Å². The molecule has 0 radical (unpaired) electrons. The van der Waals surface area contributed by atoms with E-state index in [1.54, 1.807) is 0 Å². The van der Waals surface area contributed by atoms with Crippen LogP contribution < -0.4 is 4.74 Å². The molecule has 2 aliphatic heterocycles. The standard InChI is InChI=1S/C19H26N4O2/c1-2-3-18-20-19(25-21-18)14-23-9-7-22(8-10-23)13-15-4-5-17-16(12-15)6-11-24-17/h4-5,12H,2-3,6-11,13-14H2,1H3. The Morgan fingerprint density at radius 2 is 1.88 bits per heavy atom. The van der Waals surface area contributed by atoms with Gasteiger partial charge in [0.15, 0.2) is 5.82 Å². The summed E-state index contributed by atoms with van der Waals surface area (Å²) >= 11 is 0. The van der Waals surface area contributed by atoms with Gasteiger partial charge in [-0.2, -0.15) is 4.98 Å². The van der Waals surface area contributed by atoms with E-state index in [-0.39, 0.29) is 0 Å². The number of ether oxygens (including phenoxy) is 1. The van der Waals surface area contributed by atoms with Crippen LogP contribution in [0.25, 0.3) is 0 Å². The van der Waals surface area contributed by atoms with Gasteiger partial charge in [0.05, 0.1) is 13.2 Å². The van der Waals surface area contributed by atoms with Crippen LogP contribution in [-0.4, -0.2) is 52.7 Å².